The van der Waals surface area contributed by atoms with Crippen molar-refractivity contribution in [2.75, 3.05) is 32.6 Å². The van der Waals surface area contributed by atoms with Gasteiger partial charge in [-0.05, 0) is 19.3 Å². The van der Waals surface area contributed by atoms with Crippen LogP contribution in [0.1, 0.15) is 44.3 Å². The topological polar surface area (TPSA) is 64.4 Å². The highest BCUT2D eigenvalue weighted by atomic mass is 32.2. The van der Waals surface area contributed by atoms with Gasteiger partial charge in [0, 0.05) is 45.1 Å². The Balaban J connectivity index is 1.93. The molecule has 2 heterocycles. The number of hydrogen-bond acceptors (Lipinski definition) is 4. The minimum Gasteiger partial charge on any atom is -0.383 e. The second kappa shape index (κ2) is 8.08. The Kier molecular flexibility index (Phi) is 6.40. The molecule has 0 amide bonds. The number of aromatic nitrogens is 2. The van der Waals surface area contributed by atoms with Crippen LogP contribution in [-0.2, 0) is 21.3 Å². The van der Waals surface area contributed by atoms with E-state index in [1.165, 1.54) is 0 Å². The van der Waals surface area contributed by atoms with Gasteiger partial charge in [0.1, 0.15) is 5.82 Å². The Bertz CT molecular complexity index is 548. The van der Waals surface area contributed by atoms with Crippen LogP contribution in [0.3, 0.4) is 0 Å². The van der Waals surface area contributed by atoms with Gasteiger partial charge in [0.05, 0.1) is 12.4 Å². The zero-order valence-electron chi connectivity index (χ0n) is 13.6. The molecular formula is C15H27N3O3S. The minimum atomic E-state index is -3.08. The minimum absolute atomic E-state index is 0.274. The highest BCUT2D eigenvalue weighted by molar-refractivity contribution is 7.89. The molecule has 0 aromatic carbocycles. The summed E-state index contributed by atoms with van der Waals surface area (Å²) >= 11 is 0. The van der Waals surface area contributed by atoms with E-state index in [9.17, 15) is 8.42 Å². The first-order valence-electron chi connectivity index (χ1n) is 8.06. The maximum atomic E-state index is 12.2. The van der Waals surface area contributed by atoms with E-state index in [0.29, 0.717) is 25.6 Å². The zero-order valence-corrected chi connectivity index (χ0v) is 14.4. The van der Waals surface area contributed by atoms with Gasteiger partial charge in [-0.3, -0.25) is 0 Å². The molecular weight excluding hydrogens is 302 g/mol. The monoisotopic (exact) mass is 329 g/mol. The van der Waals surface area contributed by atoms with Crippen molar-refractivity contribution < 1.29 is 13.2 Å². The Hall–Kier alpha value is -0.920. The summed E-state index contributed by atoms with van der Waals surface area (Å²) in [6.45, 7) is 4.68. The van der Waals surface area contributed by atoms with Crippen LogP contribution in [0, 0.1) is 0 Å². The second-order valence-electron chi connectivity index (χ2n) is 5.81. The third-order valence-electron chi connectivity index (χ3n) is 4.25. The highest BCUT2D eigenvalue weighted by Gasteiger charge is 2.29. The molecule has 1 aliphatic rings. The van der Waals surface area contributed by atoms with Gasteiger partial charge in [0.25, 0.3) is 0 Å². The fourth-order valence-electron chi connectivity index (χ4n) is 2.91. The molecule has 0 atom stereocenters. The summed E-state index contributed by atoms with van der Waals surface area (Å²) in [6.07, 6.45) is 7.12. The molecule has 0 spiro atoms. The first kappa shape index (κ1) is 17.4. The summed E-state index contributed by atoms with van der Waals surface area (Å²) in [6, 6.07) is 0. The molecule has 0 bridgehead atoms. The maximum absolute atomic E-state index is 12.2. The lowest BCUT2D eigenvalue weighted by molar-refractivity contribution is 0.185. The van der Waals surface area contributed by atoms with Gasteiger partial charge in [-0.1, -0.05) is 13.3 Å². The van der Waals surface area contributed by atoms with Gasteiger partial charge < -0.3 is 9.30 Å². The van der Waals surface area contributed by atoms with Crippen molar-refractivity contribution in [2.24, 2.45) is 0 Å². The average Bonchev–Trinajstić information content (AvgIpc) is 2.99. The molecule has 0 saturated carbocycles. The van der Waals surface area contributed by atoms with Crippen molar-refractivity contribution in [3.63, 3.8) is 0 Å². The van der Waals surface area contributed by atoms with Crippen molar-refractivity contribution in [2.45, 2.75) is 45.1 Å². The smallest absolute Gasteiger partial charge is 0.214 e. The number of piperidine rings is 1. The van der Waals surface area contributed by atoms with E-state index in [1.54, 1.807) is 11.4 Å². The van der Waals surface area contributed by atoms with Crippen LogP contribution in [-0.4, -0.2) is 54.8 Å². The quantitative estimate of drug-likeness (QED) is 0.730. The van der Waals surface area contributed by atoms with Crippen molar-refractivity contribution in [3.8, 4) is 0 Å². The van der Waals surface area contributed by atoms with Crippen LogP contribution < -0.4 is 0 Å². The van der Waals surface area contributed by atoms with Crippen molar-refractivity contribution in [1.29, 1.82) is 0 Å². The summed E-state index contributed by atoms with van der Waals surface area (Å²) in [4.78, 5) is 4.47. The number of nitrogens with zero attached hydrogens (tertiary/aromatic N) is 3. The Morgan fingerprint density at radius 1 is 1.36 bits per heavy atom. The van der Waals surface area contributed by atoms with E-state index in [-0.39, 0.29) is 5.75 Å². The number of methoxy groups -OCH3 is 1. The Morgan fingerprint density at radius 2 is 2.09 bits per heavy atom. The molecule has 126 valence electrons. The van der Waals surface area contributed by atoms with Crippen molar-refractivity contribution >= 4 is 10.0 Å². The fraction of sp³-hybridized carbons (Fsp3) is 0.800. The Labute approximate surface area is 133 Å². The van der Waals surface area contributed by atoms with Gasteiger partial charge in [-0.15, -0.1) is 0 Å². The average molecular weight is 329 g/mol. The van der Waals surface area contributed by atoms with E-state index in [4.69, 9.17) is 4.74 Å². The molecule has 0 unspecified atom stereocenters. The molecule has 1 aromatic heterocycles. The number of imidazole rings is 1. The predicted octanol–water partition coefficient (Wildman–Crippen LogP) is 1.84. The predicted molar refractivity (Wildman–Crippen MR) is 86.3 cm³/mol. The lowest BCUT2D eigenvalue weighted by Crippen LogP contribution is -2.39. The van der Waals surface area contributed by atoms with Gasteiger partial charge in [-0.25, -0.2) is 17.7 Å². The van der Waals surface area contributed by atoms with Crippen LogP contribution in [0.2, 0.25) is 0 Å². The first-order chi connectivity index (χ1) is 10.6. The van der Waals surface area contributed by atoms with E-state index >= 15 is 0 Å². The largest absolute Gasteiger partial charge is 0.383 e. The molecule has 7 heteroatoms. The molecule has 22 heavy (non-hydrogen) atoms. The summed E-state index contributed by atoms with van der Waals surface area (Å²) in [5, 5.41) is 0. The lowest BCUT2D eigenvalue weighted by Gasteiger charge is -2.31. The van der Waals surface area contributed by atoms with Crippen LogP contribution in [0.15, 0.2) is 12.4 Å². The third-order valence-corrected chi connectivity index (χ3v) is 6.21. The van der Waals surface area contributed by atoms with Crippen LogP contribution in [0.5, 0.6) is 0 Å². The lowest BCUT2D eigenvalue weighted by atomic mass is 9.97. The summed E-state index contributed by atoms with van der Waals surface area (Å²) in [5.74, 6) is 1.67. The standard InChI is InChI=1S/C15H27N3O3S/c1-3-4-13-22(19,20)18-8-5-14(6-9-18)15-16-7-10-17(15)11-12-21-2/h7,10,14H,3-6,8-9,11-13H2,1-2H3. The third kappa shape index (κ3) is 4.30. The van der Waals surface area contributed by atoms with Crippen molar-refractivity contribution in [1.82, 2.24) is 13.9 Å². The van der Waals surface area contributed by atoms with Gasteiger partial charge >= 0.3 is 0 Å². The van der Waals surface area contributed by atoms with Crippen LogP contribution >= 0.6 is 0 Å². The highest BCUT2D eigenvalue weighted by Crippen LogP contribution is 2.28. The molecule has 0 radical (unpaired) electrons. The van der Waals surface area contributed by atoms with E-state index in [2.05, 4.69) is 9.55 Å². The number of sulfonamides is 1. The van der Waals surface area contributed by atoms with E-state index in [1.807, 2.05) is 19.3 Å². The van der Waals surface area contributed by atoms with Crippen LogP contribution in [0.25, 0.3) is 0 Å². The first-order valence-corrected chi connectivity index (χ1v) is 9.67. The summed E-state index contributed by atoms with van der Waals surface area (Å²) in [5.41, 5.74) is 0. The van der Waals surface area contributed by atoms with Gasteiger partial charge in [0.2, 0.25) is 10.0 Å². The van der Waals surface area contributed by atoms with Crippen LogP contribution in [0.4, 0.5) is 0 Å². The van der Waals surface area contributed by atoms with Gasteiger partial charge in [-0.2, -0.15) is 0 Å². The molecule has 6 nitrogen and oxygen atoms in total. The summed E-state index contributed by atoms with van der Waals surface area (Å²) < 4.78 is 33.4. The molecule has 1 fully saturated rings. The maximum Gasteiger partial charge on any atom is 0.214 e. The molecule has 2 rings (SSSR count). The normalized spacial score (nSPS) is 17.9. The Morgan fingerprint density at radius 3 is 2.73 bits per heavy atom. The van der Waals surface area contributed by atoms with Crippen molar-refractivity contribution in [3.05, 3.63) is 18.2 Å². The number of ether oxygens (including phenoxy) is 1. The molecule has 1 aromatic rings. The number of unbranched alkanes of at least 4 members (excludes halogenated alkanes) is 1. The van der Waals surface area contributed by atoms with Gasteiger partial charge in [0.15, 0.2) is 0 Å². The number of hydrogen-bond donors (Lipinski definition) is 0. The second-order valence-corrected chi connectivity index (χ2v) is 7.90. The number of rotatable bonds is 8. The van der Waals surface area contributed by atoms with E-state index in [0.717, 1.165) is 38.1 Å². The fourth-order valence-corrected chi connectivity index (χ4v) is 4.59. The SMILES string of the molecule is CCCCS(=O)(=O)N1CCC(c2nccn2CCOC)CC1. The molecule has 1 saturated heterocycles. The van der Waals surface area contributed by atoms with E-state index < -0.39 is 10.0 Å². The zero-order chi connectivity index (χ0) is 16.0. The molecule has 0 N–H and O–H groups in total. The molecule has 0 aliphatic carbocycles. The summed E-state index contributed by atoms with van der Waals surface area (Å²) in [7, 11) is -1.39. The molecule has 1 aliphatic heterocycles.